The number of phenols is 2. The molecule has 2 atom stereocenters. The molecule has 1 aliphatic heterocycles. The lowest BCUT2D eigenvalue weighted by molar-refractivity contribution is 0.141. The van der Waals surface area contributed by atoms with Gasteiger partial charge in [-0.25, -0.2) is 0 Å². The third-order valence-corrected chi connectivity index (χ3v) is 6.11. The lowest BCUT2D eigenvalue weighted by atomic mass is 9.71. The predicted molar refractivity (Wildman–Crippen MR) is 100 cm³/mol. The van der Waals surface area contributed by atoms with Gasteiger partial charge < -0.3 is 10.2 Å². The minimum atomic E-state index is -0.00241. The van der Waals surface area contributed by atoms with Crippen LogP contribution < -0.4 is 0 Å². The molecule has 0 saturated carbocycles. The molecule has 25 heavy (non-hydrogen) atoms. The quantitative estimate of drug-likeness (QED) is 0.799. The van der Waals surface area contributed by atoms with E-state index in [0.29, 0.717) is 6.04 Å². The zero-order chi connectivity index (χ0) is 17.7. The summed E-state index contributed by atoms with van der Waals surface area (Å²) < 4.78 is 0. The average Bonchev–Trinajstić information content (AvgIpc) is 2.57. The number of hydrogen-bond acceptors (Lipinski definition) is 3. The first-order valence-electron chi connectivity index (χ1n) is 9.38. The minimum absolute atomic E-state index is 0.00117. The Balaban J connectivity index is 1.91. The van der Waals surface area contributed by atoms with Gasteiger partial charge in [-0.3, -0.25) is 4.90 Å². The van der Waals surface area contributed by atoms with E-state index < -0.39 is 0 Å². The highest BCUT2D eigenvalue weighted by Gasteiger charge is 2.39. The van der Waals surface area contributed by atoms with Crippen molar-refractivity contribution in [2.24, 2.45) is 0 Å². The van der Waals surface area contributed by atoms with Gasteiger partial charge in [-0.15, -0.1) is 0 Å². The SMILES string of the molecule is CCCN1Cc2cc(C)c(C)cc2[C@H]2c3cc(O)c(O)cc3CC[C@@H]21. The minimum Gasteiger partial charge on any atom is -0.504 e. The van der Waals surface area contributed by atoms with E-state index in [0.717, 1.165) is 32.4 Å². The smallest absolute Gasteiger partial charge is 0.157 e. The van der Waals surface area contributed by atoms with Crippen molar-refractivity contribution in [3.05, 3.63) is 57.6 Å². The molecule has 132 valence electrons. The molecular formula is C22H27NO2. The number of hydrogen-bond donors (Lipinski definition) is 2. The Morgan fingerprint density at radius 1 is 0.960 bits per heavy atom. The first-order valence-corrected chi connectivity index (χ1v) is 9.38. The van der Waals surface area contributed by atoms with E-state index in [9.17, 15) is 10.2 Å². The van der Waals surface area contributed by atoms with Crippen LogP contribution >= 0.6 is 0 Å². The highest BCUT2D eigenvalue weighted by atomic mass is 16.3. The maximum Gasteiger partial charge on any atom is 0.157 e. The third-order valence-electron chi connectivity index (χ3n) is 6.11. The summed E-state index contributed by atoms with van der Waals surface area (Å²) in [5.74, 6) is 0.279. The average molecular weight is 337 g/mol. The Kier molecular flexibility index (Phi) is 3.99. The zero-order valence-corrected chi connectivity index (χ0v) is 15.3. The van der Waals surface area contributed by atoms with Crippen molar-refractivity contribution in [3.8, 4) is 11.5 Å². The van der Waals surface area contributed by atoms with Crippen molar-refractivity contribution >= 4 is 0 Å². The van der Waals surface area contributed by atoms with E-state index in [1.54, 1.807) is 12.1 Å². The van der Waals surface area contributed by atoms with Gasteiger partial charge in [0.25, 0.3) is 0 Å². The summed E-state index contributed by atoms with van der Waals surface area (Å²) in [6, 6.07) is 8.74. The fraction of sp³-hybridized carbons (Fsp3) is 0.455. The van der Waals surface area contributed by atoms with Crippen LogP contribution in [0.1, 0.15) is 59.1 Å². The number of fused-ring (bicyclic) bond motifs is 5. The Labute approximate surface area is 149 Å². The van der Waals surface area contributed by atoms with Crippen LogP contribution in [-0.4, -0.2) is 27.7 Å². The lowest BCUT2D eigenvalue weighted by Gasteiger charge is -2.46. The molecule has 0 bridgehead atoms. The topological polar surface area (TPSA) is 43.7 Å². The zero-order valence-electron chi connectivity index (χ0n) is 15.3. The number of benzene rings is 2. The van der Waals surface area contributed by atoms with Crippen LogP contribution in [0.2, 0.25) is 0 Å². The monoisotopic (exact) mass is 337 g/mol. The Morgan fingerprint density at radius 2 is 1.64 bits per heavy atom. The molecule has 0 amide bonds. The summed E-state index contributed by atoms with van der Waals surface area (Å²) in [5, 5.41) is 20.0. The number of rotatable bonds is 2. The molecule has 2 aliphatic rings. The molecule has 0 aromatic heterocycles. The van der Waals surface area contributed by atoms with Crippen molar-refractivity contribution in [3.63, 3.8) is 0 Å². The number of aromatic hydroxyl groups is 2. The Morgan fingerprint density at radius 3 is 2.40 bits per heavy atom. The van der Waals surface area contributed by atoms with Gasteiger partial charge in [-0.2, -0.15) is 0 Å². The molecule has 3 nitrogen and oxygen atoms in total. The molecule has 4 rings (SSSR count). The molecule has 2 aromatic rings. The van der Waals surface area contributed by atoms with Gasteiger partial charge in [0.15, 0.2) is 11.5 Å². The second-order valence-electron chi connectivity index (χ2n) is 7.73. The van der Waals surface area contributed by atoms with Crippen LogP contribution in [0.15, 0.2) is 24.3 Å². The van der Waals surface area contributed by atoms with Gasteiger partial charge >= 0.3 is 0 Å². The van der Waals surface area contributed by atoms with Gasteiger partial charge in [-0.05, 0) is 85.2 Å². The Bertz CT molecular complexity index is 827. The van der Waals surface area contributed by atoms with Crippen molar-refractivity contribution < 1.29 is 10.2 Å². The molecule has 1 aliphatic carbocycles. The highest BCUT2D eigenvalue weighted by molar-refractivity contribution is 5.54. The lowest BCUT2D eigenvalue weighted by Crippen LogP contribution is -2.46. The fourth-order valence-corrected chi connectivity index (χ4v) is 4.78. The van der Waals surface area contributed by atoms with Crippen molar-refractivity contribution in [2.75, 3.05) is 6.54 Å². The fourth-order valence-electron chi connectivity index (χ4n) is 4.78. The summed E-state index contributed by atoms with van der Waals surface area (Å²) >= 11 is 0. The van der Waals surface area contributed by atoms with Crippen LogP contribution in [-0.2, 0) is 13.0 Å². The van der Waals surface area contributed by atoms with E-state index in [2.05, 4.69) is 37.8 Å². The molecule has 0 radical (unpaired) electrons. The molecule has 0 saturated heterocycles. The van der Waals surface area contributed by atoms with Crippen LogP contribution in [0.4, 0.5) is 0 Å². The normalized spacial score (nSPS) is 22.2. The first-order chi connectivity index (χ1) is 12.0. The van der Waals surface area contributed by atoms with Crippen molar-refractivity contribution in [1.29, 1.82) is 0 Å². The van der Waals surface area contributed by atoms with Gasteiger partial charge in [0.2, 0.25) is 0 Å². The summed E-state index contributed by atoms with van der Waals surface area (Å²) in [5.41, 5.74) is 7.87. The molecular weight excluding hydrogens is 310 g/mol. The van der Waals surface area contributed by atoms with Crippen LogP contribution in [0, 0.1) is 13.8 Å². The van der Waals surface area contributed by atoms with Gasteiger partial charge in [-0.1, -0.05) is 19.1 Å². The summed E-state index contributed by atoms with van der Waals surface area (Å²) in [6.45, 7) is 8.73. The maximum absolute atomic E-state index is 10.1. The molecule has 0 unspecified atom stereocenters. The standard InChI is InChI=1S/C22H27NO2/c1-4-7-23-12-16-8-13(2)14(3)9-17(16)22-18-11-21(25)20(24)10-15(18)5-6-19(22)23/h8-11,19,22,24-25H,4-7,12H2,1-3H3/t19-,22-/m0/s1. The number of phenolic OH excluding ortho intramolecular Hbond substituents is 2. The summed E-state index contributed by atoms with van der Waals surface area (Å²) in [7, 11) is 0. The molecule has 1 heterocycles. The predicted octanol–water partition coefficient (Wildman–Crippen LogP) is 4.39. The molecule has 0 spiro atoms. The largest absolute Gasteiger partial charge is 0.504 e. The second kappa shape index (κ2) is 6.06. The second-order valence-corrected chi connectivity index (χ2v) is 7.73. The van der Waals surface area contributed by atoms with Crippen molar-refractivity contribution in [2.45, 2.75) is 58.5 Å². The molecule has 3 heteroatoms. The molecule has 0 fully saturated rings. The number of nitrogens with zero attached hydrogens (tertiary/aromatic N) is 1. The maximum atomic E-state index is 10.1. The summed E-state index contributed by atoms with van der Waals surface area (Å²) in [6.07, 6.45) is 3.22. The number of aryl methyl sites for hydroxylation is 3. The molecule has 2 aromatic carbocycles. The van der Waals surface area contributed by atoms with E-state index in [4.69, 9.17) is 0 Å². The Hall–Kier alpha value is -2.00. The van der Waals surface area contributed by atoms with Crippen LogP contribution in [0.5, 0.6) is 11.5 Å². The van der Waals surface area contributed by atoms with Gasteiger partial charge in [0.1, 0.15) is 0 Å². The van der Waals surface area contributed by atoms with Gasteiger partial charge in [0, 0.05) is 18.5 Å². The van der Waals surface area contributed by atoms with Gasteiger partial charge in [0.05, 0.1) is 0 Å². The van der Waals surface area contributed by atoms with E-state index in [1.165, 1.54) is 33.4 Å². The van der Waals surface area contributed by atoms with Crippen LogP contribution in [0.3, 0.4) is 0 Å². The third kappa shape index (κ3) is 2.62. The first kappa shape index (κ1) is 16.5. The molecule has 2 N–H and O–H groups in total. The van der Waals surface area contributed by atoms with E-state index in [1.807, 2.05) is 0 Å². The van der Waals surface area contributed by atoms with Crippen LogP contribution in [0.25, 0.3) is 0 Å². The van der Waals surface area contributed by atoms with E-state index in [-0.39, 0.29) is 17.4 Å². The van der Waals surface area contributed by atoms with E-state index >= 15 is 0 Å². The summed E-state index contributed by atoms with van der Waals surface area (Å²) in [4.78, 5) is 2.62. The van der Waals surface area contributed by atoms with Crippen molar-refractivity contribution in [1.82, 2.24) is 4.90 Å². The highest BCUT2D eigenvalue weighted by Crippen LogP contribution is 2.47.